The van der Waals surface area contributed by atoms with Gasteiger partial charge < -0.3 is 9.72 Å². The number of aromatic amines is 1. The standard InChI is InChI=1S/C17H20F3N3O/c1-9-10(2)22-17(21-9)16-5-12(24-3)8-23(16)7-11-4-14(19)15(20)6-13(11)18/h4,6,12,16H,5,7-8H2,1-3H3,(H,21,22)/t12-,16+/m1/s1. The molecule has 1 aliphatic heterocycles. The number of nitrogens with one attached hydrogen (secondary N) is 1. The number of H-pyrrole nitrogens is 1. The fourth-order valence-corrected chi connectivity index (χ4v) is 3.13. The molecule has 2 heterocycles. The van der Waals surface area contributed by atoms with E-state index >= 15 is 0 Å². The first kappa shape index (κ1) is 17.0. The number of imidazole rings is 1. The van der Waals surface area contributed by atoms with Crippen LogP contribution in [0.4, 0.5) is 13.2 Å². The van der Waals surface area contributed by atoms with E-state index in [1.807, 2.05) is 18.7 Å². The van der Waals surface area contributed by atoms with Crippen molar-refractivity contribution in [3.8, 4) is 0 Å². The van der Waals surface area contributed by atoms with Gasteiger partial charge in [-0.3, -0.25) is 4.90 Å². The Hall–Kier alpha value is -1.86. The maximum absolute atomic E-state index is 14.0. The zero-order valence-corrected chi connectivity index (χ0v) is 13.9. The van der Waals surface area contributed by atoms with Crippen molar-refractivity contribution in [2.24, 2.45) is 0 Å². The van der Waals surface area contributed by atoms with Crippen LogP contribution in [-0.4, -0.2) is 34.6 Å². The van der Waals surface area contributed by atoms with Gasteiger partial charge in [-0.05, 0) is 26.3 Å². The number of aryl methyl sites for hydroxylation is 2. The Kier molecular flexibility index (Phi) is 4.64. The van der Waals surface area contributed by atoms with Gasteiger partial charge in [0, 0.05) is 37.5 Å². The summed E-state index contributed by atoms with van der Waals surface area (Å²) in [4.78, 5) is 9.75. The molecule has 2 atom stereocenters. The van der Waals surface area contributed by atoms with E-state index in [2.05, 4.69) is 9.97 Å². The van der Waals surface area contributed by atoms with E-state index in [9.17, 15) is 13.2 Å². The maximum atomic E-state index is 14.0. The fraction of sp³-hybridized carbons (Fsp3) is 0.471. The first-order valence-electron chi connectivity index (χ1n) is 7.82. The number of hydrogen-bond acceptors (Lipinski definition) is 3. The third kappa shape index (κ3) is 3.18. The molecule has 0 bridgehead atoms. The topological polar surface area (TPSA) is 41.1 Å². The molecule has 0 aliphatic carbocycles. The molecule has 1 saturated heterocycles. The van der Waals surface area contributed by atoms with Gasteiger partial charge in [0.2, 0.25) is 0 Å². The van der Waals surface area contributed by atoms with Crippen LogP contribution < -0.4 is 0 Å². The predicted molar refractivity (Wildman–Crippen MR) is 82.9 cm³/mol. The number of nitrogens with zero attached hydrogens (tertiary/aromatic N) is 2. The van der Waals surface area contributed by atoms with E-state index in [4.69, 9.17) is 4.74 Å². The lowest BCUT2D eigenvalue weighted by molar-refractivity contribution is 0.107. The Labute approximate surface area is 138 Å². The Morgan fingerprint density at radius 2 is 1.92 bits per heavy atom. The molecule has 4 nitrogen and oxygen atoms in total. The van der Waals surface area contributed by atoms with Crippen LogP contribution in [0, 0.1) is 31.3 Å². The highest BCUT2D eigenvalue weighted by Gasteiger charge is 2.35. The van der Waals surface area contributed by atoms with E-state index < -0.39 is 17.5 Å². The smallest absolute Gasteiger partial charge is 0.161 e. The van der Waals surface area contributed by atoms with Crippen LogP contribution in [-0.2, 0) is 11.3 Å². The van der Waals surface area contributed by atoms with Crippen molar-refractivity contribution in [2.75, 3.05) is 13.7 Å². The zero-order chi connectivity index (χ0) is 17.4. The molecule has 0 saturated carbocycles. The van der Waals surface area contributed by atoms with Crippen LogP contribution >= 0.6 is 0 Å². The van der Waals surface area contributed by atoms with E-state index in [0.29, 0.717) is 19.0 Å². The van der Waals surface area contributed by atoms with Crippen molar-refractivity contribution >= 4 is 0 Å². The molecule has 3 rings (SSSR count). The summed E-state index contributed by atoms with van der Waals surface area (Å²) in [6, 6.07) is 1.42. The van der Waals surface area contributed by atoms with Crippen molar-refractivity contribution in [3.05, 3.63) is 52.4 Å². The van der Waals surface area contributed by atoms with Crippen LogP contribution in [0.5, 0.6) is 0 Å². The SMILES string of the molecule is CO[C@@H]1C[C@@H](c2nc(C)c(C)[nH]2)N(Cc2cc(F)c(F)cc2F)C1. The summed E-state index contributed by atoms with van der Waals surface area (Å²) in [6.07, 6.45) is 0.683. The summed E-state index contributed by atoms with van der Waals surface area (Å²) < 4.78 is 46.0. The lowest BCUT2D eigenvalue weighted by Gasteiger charge is -2.23. The lowest BCUT2D eigenvalue weighted by Crippen LogP contribution is -2.26. The number of benzene rings is 1. The minimum atomic E-state index is -1.18. The van der Waals surface area contributed by atoms with Crippen molar-refractivity contribution in [2.45, 2.75) is 39.0 Å². The second-order valence-electron chi connectivity index (χ2n) is 6.23. The number of methoxy groups -OCH3 is 1. The largest absolute Gasteiger partial charge is 0.380 e. The minimum Gasteiger partial charge on any atom is -0.380 e. The van der Waals surface area contributed by atoms with Gasteiger partial charge in [0.15, 0.2) is 11.6 Å². The summed E-state index contributed by atoms with van der Waals surface area (Å²) in [5, 5.41) is 0. The Morgan fingerprint density at radius 3 is 2.54 bits per heavy atom. The molecule has 1 aromatic heterocycles. The van der Waals surface area contributed by atoms with Gasteiger partial charge in [-0.2, -0.15) is 0 Å². The summed E-state index contributed by atoms with van der Waals surface area (Å²) >= 11 is 0. The van der Waals surface area contributed by atoms with Crippen molar-refractivity contribution in [1.29, 1.82) is 0 Å². The van der Waals surface area contributed by atoms with Gasteiger partial charge in [-0.15, -0.1) is 0 Å². The van der Waals surface area contributed by atoms with Crippen LogP contribution in [0.15, 0.2) is 12.1 Å². The van der Waals surface area contributed by atoms with Crippen LogP contribution in [0.3, 0.4) is 0 Å². The monoisotopic (exact) mass is 339 g/mol. The Bertz CT molecular complexity index is 727. The molecule has 1 N–H and O–H groups in total. The highest BCUT2D eigenvalue weighted by Crippen LogP contribution is 2.34. The molecule has 1 aromatic carbocycles. The average Bonchev–Trinajstić information content (AvgIpc) is 3.08. The first-order chi connectivity index (χ1) is 11.4. The third-order valence-corrected chi connectivity index (χ3v) is 4.62. The molecule has 24 heavy (non-hydrogen) atoms. The number of likely N-dealkylation sites (tertiary alicyclic amines) is 1. The van der Waals surface area contributed by atoms with Gasteiger partial charge in [0.05, 0.1) is 17.8 Å². The summed E-state index contributed by atoms with van der Waals surface area (Å²) in [7, 11) is 1.63. The Morgan fingerprint density at radius 1 is 1.21 bits per heavy atom. The molecule has 1 fully saturated rings. The minimum absolute atomic E-state index is 0.0194. The molecule has 0 spiro atoms. The third-order valence-electron chi connectivity index (χ3n) is 4.62. The first-order valence-corrected chi connectivity index (χ1v) is 7.82. The quantitative estimate of drug-likeness (QED) is 0.868. The van der Waals surface area contributed by atoms with Gasteiger partial charge in [-0.25, -0.2) is 18.2 Å². The predicted octanol–water partition coefficient (Wildman–Crippen LogP) is 3.41. The average molecular weight is 339 g/mol. The van der Waals surface area contributed by atoms with Crippen molar-refractivity contribution in [1.82, 2.24) is 14.9 Å². The summed E-state index contributed by atoms with van der Waals surface area (Å²) in [6.45, 7) is 4.58. The maximum Gasteiger partial charge on any atom is 0.161 e. The second-order valence-corrected chi connectivity index (χ2v) is 6.23. The van der Waals surface area contributed by atoms with Crippen LogP contribution in [0.1, 0.15) is 35.2 Å². The molecule has 2 aromatic rings. The molecular formula is C17H20F3N3O. The number of aromatic nitrogens is 2. The molecule has 7 heteroatoms. The van der Waals surface area contributed by atoms with Crippen molar-refractivity contribution in [3.63, 3.8) is 0 Å². The number of rotatable bonds is 4. The van der Waals surface area contributed by atoms with Gasteiger partial charge in [0.1, 0.15) is 11.6 Å². The molecule has 0 unspecified atom stereocenters. The fourth-order valence-electron chi connectivity index (χ4n) is 3.13. The normalized spacial score (nSPS) is 21.6. The number of hydrogen-bond donors (Lipinski definition) is 1. The Balaban J connectivity index is 1.88. The zero-order valence-electron chi connectivity index (χ0n) is 13.9. The molecular weight excluding hydrogens is 319 g/mol. The summed E-state index contributed by atoms with van der Waals surface area (Å²) in [5.74, 6) is -2.19. The van der Waals surface area contributed by atoms with E-state index in [1.165, 1.54) is 0 Å². The lowest BCUT2D eigenvalue weighted by atomic mass is 10.1. The molecule has 130 valence electrons. The molecule has 0 amide bonds. The molecule has 1 aliphatic rings. The van der Waals surface area contributed by atoms with Crippen molar-refractivity contribution < 1.29 is 17.9 Å². The van der Waals surface area contributed by atoms with E-state index in [-0.39, 0.29) is 24.3 Å². The van der Waals surface area contributed by atoms with Crippen LogP contribution in [0.25, 0.3) is 0 Å². The van der Waals surface area contributed by atoms with E-state index in [1.54, 1.807) is 7.11 Å². The highest BCUT2D eigenvalue weighted by molar-refractivity contribution is 5.21. The van der Waals surface area contributed by atoms with Gasteiger partial charge in [-0.1, -0.05) is 0 Å². The van der Waals surface area contributed by atoms with E-state index in [0.717, 1.165) is 23.3 Å². The van der Waals surface area contributed by atoms with Gasteiger partial charge >= 0.3 is 0 Å². The second kappa shape index (κ2) is 6.57. The summed E-state index contributed by atoms with van der Waals surface area (Å²) in [5.41, 5.74) is 2.00. The highest BCUT2D eigenvalue weighted by atomic mass is 19.2. The van der Waals surface area contributed by atoms with Gasteiger partial charge in [0.25, 0.3) is 0 Å². The van der Waals surface area contributed by atoms with Crippen LogP contribution in [0.2, 0.25) is 0 Å². The molecule has 0 radical (unpaired) electrons. The number of halogens is 3. The number of ether oxygens (including phenoxy) is 1.